The molecule has 5 nitrogen and oxygen atoms in total. The molecule has 0 aliphatic heterocycles. The molecule has 0 radical (unpaired) electrons. The minimum atomic E-state index is 0.00634. The zero-order valence-corrected chi connectivity index (χ0v) is 14.9. The molecule has 0 unspecified atom stereocenters. The summed E-state index contributed by atoms with van der Waals surface area (Å²) in [4.78, 5) is 16.5. The van der Waals surface area contributed by atoms with Crippen molar-refractivity contribution in [2.45, 2.75) is 19.4 Å². The first-order chi connectivity index (χ1) is 12.1. The van der Waals surface area contributed by atoms with Crippen LogP contribution < -0.4 is 10.6 Å². The van der Waals surface area contributed by atoms with E-state index >= 15 is 0 Å². The number of hydrogen-bond donors (Lipinski definition) is 2. The quantitative estimate of drug-likeness (QED) is 0.634. The van der Waals surface area contributed by atoms with E-state index in [0.717, 1.165) is 35.5 Å². The van der Waals surface area contributed by atoms with Crippen molar-refractivity contribution in [2.75, 3.05) is 11.9 Å². The van der Waals surface area contributed by atoms with Gasteiger partial charge < -0.3 is 15.2 Å². The van der Waals surface area contributed by atoms with Gasteiger partial charge in [0.25, 0.3) is 0 Å². The number of halogens is 1. The molecule has 0 bridgehead atoms. The highest BCUT2D eigenvalue weighted by atomic mass is 35.5. The van der Waals surface area contributed by atoms with Crippen molar-refractivity contribution in [3.63, 3.8) is 0 Å². The highest BCUT2D eigenvalue weighted by Gasteiger charge is 2.06. The van der Waals surface area contributed by atoms with Gasteiger partial charge in [0.1, 0.15) is 5.82 Å². The summed E-state index contributed by atoms with van der Waals surface area (Å²) in [6.45, 7) is 1.45. The van der Waals surface area contributed by atoms with Gasteiger partial charge in [0.2, 0.25) is 5.91 Å². The monoisotopic (exact) mass is 356 g/mol. The fourth-order valence-corrected chi connectivity index (χ4v) is 2.81. The van der Waals surface area contributed by atoms with Crippen molar-refractivity contribution in [1.29, 1.82) is 0 Å². The highest BCUT2D eigenvalue weighted by Crippen LogP contribution is 2.14. The lowest BCUT2D eigenvalue weighted by Gasteiger charge is -2.07. The molecule has 1 amide bonds. The molecule has 130 valence electrons. The minimum absolute atomic E-state index is 0.00634. The van der Waals surface area contributed by atoms with Crippen LogP contribution in [0.2, 0.25) is 5.02 Å². The van der Waals surface area contributed by atoms with E-state index in [9.17, 15) is 4.79 Å². The van der Waals surface area contributed by atoms with Crippen LogP contribution in [0.5, 0.6) is 0 Å². The summed E-state index contributed by atoms with van der Waals surface area (Å²) in [7, 11) is 2.02. The average molecular weight is 357 g/mol. The summed E-state index contributed by atoms with van der Waals surface area (Å²) in [6.07, 6.45) is 1.24. The number of aromatic nitrogens is 2. The van der Waals surface area contributed by atoms with Crippen LogP contribution in [0.25, 0.3) is 11.0 Å². The molecule has 3 aromatic rings. The molecular formula is C19H21ClN4O. The SMILES string of the molecule is Cn1c(CNCCCC(=O)Nc2ccc(Cl)cc2)nc2ccccc21. The van der Waals surface area contributed by atoms with E-state index in [-0.39, 0.29) is 5.91 Å². The Balaban J connectivity index is 1.40. The Hall–Kier alpha value is -2.37. The molecule has 0 saturated heterocycles. The van der Waals surface area contributed by atoms with Gasteiger partial charge in [-0.3, -0.25) is 4.79 Å². The predicted molar refractivity (Wildman–Crippen MR) is 102 cm³/mol. The molecule has 3 rings (SSSR count). The van der Waals surface area contributed by atoms with Crippen LogP contribution >= 0.6 is 11.6 Å². The number of benzene rings is 2. The van der Waals surface area contributed by atoms with Gasteiger partial charge in [-0.25, -0.2) is 4.98 Å². The van der Waals surface area contributed by atoms with Crippen molar-refractivity contribution >= 4 is 34.2 Å². The maximum atomic E-state index is 11.9. The summed E-state index contributed by atoms with van der Waals surface area (Å²) < 4.78 is 2.09. The van der Waals surface area contributed by atoms with Crippen molar-refractivity contribution in [3.05, 3.63) is 59.4 Å². The summed E-state index contributed by atoms with van der Waals surface area (Å²) >= 11 is 5.83. The molecule has 0 atom stereocenters. The van der Waals surface area contributed by atoms with E-state index < -0.39 is 0 Å². The van der Waals surface area contributed by atoms with Gasteiger partial charge in [0, 0.05) is 24.2 Å². The van der Waals surface area contributed by atoms with E-state index in [1.165, 1.54) is 0 Å². The van der Waals surface area contributed by atoms with E-state index in [0.29, 0.717) is 18.0 Å². The second kappa shape index (κ2) is 8.14. The van der Waals surface area contributed by atoms with Crippen LogP contribution in [0.1, 0.15) is 18.7 Å². The maximum Gasteiger partial charge on any atom is 0.224 e. The number of nitrogens with one attached hydrogen (secondary N) is 2. The Kier molecular flexibility index (Phi) is 5.68. The Morgan fingerprint density at radius 2 is 1.92 bits per heavy atom. The predicted octanol–water partition coefficient (Wildman–Crippen LogP) is 3.74. The fraction of sp³-hybridized carbons (Fsp3) is 0.263. The van der Waals surface area contributed by atoms with Crippen LogP contribution in [0.15, 0.2) is 48.5 Å². The lowest BCUT2D eigenvalue weighted by atomic mass is 10.2. The number of aryl methyl sites for hydroxylation is 1. The third kappa shape index (κ3) is 4.59. The Morgan fingerprint density at radius 1 is 1.16 bits per heavy atom. The lowest BCUT2D eigenvalue weighted by molar-refractivity contribution is -0.116. The number of anilines is 1. The molecule has 0 spiro atoms. The van der Waals surface area contributed by atoms with Gasteiger partial charge in [-0.15, -0.1) is 0 Å². The number of para-hydroxylation sites is 2. The van der Waals surface area contributed by atoms with Gasteiger partial charge in [0.15, 0.2) is 0 Å². The van der Waals surface area contributed by atoms with Crippen LogP contribution in [-0.2, 0) is 18.4 Å². The molecule has 0 aliphatic rings. The Morgan fingerprint density at radius 3 is 2.68 bits per heavy atom. The molecule has 0 fully saturated rings. The van der Waals surface area contributed by atoms with Gasteiger partial charge in [-0.2, -0.15) is 0 Å². The lowest BCUT2D eigenvalue weighted by Crippen LogP contribution is -2.19. The third-order valence-corrected chi connectivity index (χ3v) is 4.30. The van der Waals surface area contributed by atoms with Gasteiger partial charge in [-0.05, 0) is 49.4 Å². The number of rotatable bonds is 7. The second-order valence-corrected chi connectivity index (χ2v) is 6.35. The molecule has 1 aromatic heterocycles. The fourth-order valence-electron chi connectivity index (χ4n) is 2.68. The van der Waals surface area contributed by atoms with Crippen molar-refractivity contribution < 1.29 is 4.79 Å². The van der Waals surface area contributed by atoms with E-state index in [1.807, 2.05) is 25.2 Å². The first kappa shape index (κ1) is 17.5. The summed E-state index contributed by atoms with van der Waals surface area (Å²) in [6, 6.07) is 15.2. The molecule has 0 aliphatic carbocycles. The van der Waals surface area contributed by atoms with Gasteiger partial charge in [0.05, 0.1) is 17.6 Å². The van der Waals surface area contributed by atoms with Crippen molar-refractivity contribution in [3.8, 4) is 0 Å². The van der Waals surface area contributed by atoms with Crippen LogP contribution in [0.4, 0.5) is 5.69 Å². The van der Waals surface area contributed by atoms with Crippen LogP contribution in [-0.4, -0.2) is 22.0 Å². The second-order valence-electron chi connectivity index (χ2n) is 5.91. The molecular weight excluding hydrogens is 336 g/mol. The number of hydrogen-bond acceptors (Lipinski definition) is 3. The summed E-state index contributed by atoms with van der Waals surface area (Å²) in [5, 5.41) is 6.87. The van der Waals surface area contributed by atoms with Gasteiger partial charge in [-0.1, -0.05) is 23.7 Å². The first-order valence-electron chi connectivity index (χ1n) is 8.30. The number of nitrogens with zero attached hydrogens (tertiary/aromatic N) is 2. The number of fused-ring (bicyclic) bond motifs is 1. The smallest absolute Gasteiger partial charge is 0.224 e. The normalized spacial score (nSPS) is 11.0. The number of carbonyl (C=O) groups is 1. The largest absolute Gasteiger partial charge is 0.330 e. The van der Waals surface area contributed by atoms with E-state index in [4.69, 9.17) is 11.6 Å². The van der Waals surface area contributed by atoms with Gasteiger partial charge >= 0.3 is 0 Å². The molecule has 1 heterocycles. The number of amides is 1. The van der Waals surface area contributed by atoms with Crippen molar-refractivity contribution in [1.82, 2.24) is 14.9 Å². The highest BCUT2D eigenvalue weighted by molar-refractivity contribution is 6.30. The first-order valence-corrected chi connectivity index (χ1v) is 8.68. The average Bonchev–Trinajstić information content (AvgIpc) is 2.93. The Bertz CT molecular complexity index is 857. The third-order valence-electron chi connectivity index (χ3n) is 4.05. The summed E-state index contributed by atoms with van der Waals surface area (Å²) in [5.41, 5.74) is 2.90. The molecule has 6 heteroatoms. The molecule has 0 saturated carbocycles. The topological polar surface area (TPSA) is 59.0 Å². The number of imidazole rings is 1. The van der Waals surface area contributed by atoms with E-state index in [1.54, 1.807) is 24.3 Å². The zero-order chi connectivity index (χ0) is 17.6. The van der Waals surface area contributed by atoms with E-state index in [2.05, 4.69) is 26.3 Å². The van der Waals surface area contributed by atoms with Crippen LogP contribution in [0, 0.1) is 0 Å². The standard InChI is InChI=1S/C19H21ClN4O/c1-24-17-6-3-2-5-16(17)23-18(24)13-21-12-4-7-19(25)22-15-10-8-14(20)9-11-15/h2-3,5-6,8-11,21H,4,7,12-13H2,1H3,(H,22,25). The minimum Gasteiger partial charge on any atom is -0.330 e. The maximum absolute atomic E-state index is 11.9. The molecule has 25 heavy (non-hydrogen) atoms. The number of carbonyl (C=O) groups excluding carboxylic acids is 1. The summed E-state index contributed by atoms with van der Waals surface area (Å²) in [5.74, 6) is 0.999. The van der Waals surface area contributed by atoms with Crippen LogP contribution in [0.3, 0.4) is 0 Å². The Labute approximate surface area is 152 Å². The molecule has 2 aromatic carbocycles. The zero-order valence-electron chi connectivity index (χ0n) is 14.1. The van der Waals surface area contributed by atoms with Crippen molar-refractivity contribution in [2.24, 2.45) is 7.05 Å². The molecule has 2 N–H and O–H groups in total.